The molecule has 4 heteroatoms. The standard InChI is InChI=1S/C17H22N2O2/c1-13-5-6-16(10-15(13)4-3-8-18)17(20)19-9-7-14(11-19)12-21-2/h5-6,10,14H,7-9,11-12,18H2,1-2H3. The van der Waals surface area contributed by atoms with Crippen molar-refractivity contribution in [1.29, 1.82) is 0 Å². The van der Waals surface area contributed by atoms with Gasteiger partial charge in [0.1, 0.15) is 0 Å². The molecule has 21 heavy (non-hydrogen) atoms. The summed E-state index contributed by atoms with van der Waals surface area (Å²) in [6.45, 7) is 4.58. The minimum atomic E-state index is 0.0735. The molecule has 1 aromatic rings. The molecule has 1 saturated heterocycles. The fourth-order valence-electron chi connectivity index (χ4n) is 2.61. The molecule has 1 unspecified atom stereocenters. The van der Waals surface area contributed by atoms with E-state index in [-0.39, 0.29) is 5.91 Å². The molecular weight excluding hydrogens is 264 g/mol. The van der Waals surface area contributed by atoms with Crippen molar-refractivity contribution in [1.82, 2.24) is 4.90 Å². The van der Waals surface area contributed by atoms with E-state index in [9.17, 15) is 4.79 Å². The Morgan fingerprint density at radius 2 is 2.33 bits per heavy atom. The lowest BCUT2D eigenvalue weighted by molar-refractivity contribution is 0.0775. The SMILES string of the molecule is COCC1CCN(C(=O)c2ccc(C)c(C#CCN)c2)C1. The Labute approximate surface area is 126 Å². The summed E-state index contributed by atoms with van der Waals surface area (Å²) < 4.78 is 5.17. The lowest BCUT2D eigenvalue weighted by Gasteiger charge is -2.17. The highest BCUT2D eigenvalue weighted by molar-refractivity contribution is 5.94. The van der Waals surface area contributed by atoms with E-state index in [0.717, 1.165) is 30.6 Å². The molecule has 0 saturated carbocycles. The van der Waals surface area contributed by atoms with Crippen LogP contribution in [0.2, 0.25) is 0 Å². The Morgan fingerprint density at radius 1 is 1.52 bits per heavy atom. The number of aryl methyl sites for hydroxylation is 1. The summed E-state index contributed by atoms with van der Waals surface area (Å²) in [7, 11) is 1.70. The van der Waals surface area contributed by atoms with Crippen LogP contribution >= 0.6 is 0 Å². The minimum Gasteiger partial charge on any atom is -0.384 e. The molecule has 0 bridgehead atoms. The van der Waals surface area contributed by atoms with E-state index in [1.165, 1.54) is 0 Å². The molecule has 1 aromatic carbocycles. The number of methoxy groups -OCH3 is 1. The highest BCUT2D eigenvalue weighted by atomic mass is 16.5. The summed E-state index contributed by atoms with van der Waals surface area (Å²) in [6.07, 6.45) is 1.01. The van der Waals surface area contributed by atoms with Crippen molar-refractivity contribution in [3.05, 3.63) is 34.9 Å². The number of amides is 1. The fraction of sp³-hybridized carbons (Fsp3) is 0.471. The van der Waals surface area contributed by atoms with Crippen molar-refractivity contribution in [2.24, 2.45) is 11.7 Å². The van der Waals surface area contributed by atoms with Crippen molar-refractivity contribution in [3.8, 4) is 11.8 Å². The Balaban J connectivity index is 2.13. The van der Waals surface area contributed by atoms with Gasteiger partial charge in [0.2, 0.25) is 0 Å². The first kappa shape index (κ1) is 15.6. The van der Waals surface area contributed by atoms with Crippen LogP contribution < -0.4 is 5.73 Å². The quantitative estimate of drug-likeness (QED) is 0.855. The van der Waals surface area contributed by atoms with E-state index >= 15 is 0 Å². The van der Waals surface area contributed by atoms with Gasteiger partial charge in [0, 0.05) is 37.2 Å². The van der Waals surface area contributed by atoms with Gasteiger partial charge in [-0.15, -0.1) is 0 Å². The zero-order chi connectivity index (χ0) is 15.2. The third kappa shape index (κ3) is 3.84. The monoisotopic (exact) mass is 286 g/mol. The lowest BCUT2D eigenvalue weighted by Crippen LogP contribution is -2.29. The largest absolute Gasteiger partial charge is 0.384 e. The van der Waals surface area contributed by atoms with Crippen molar-refractivity contribution in [3.63, 3.8) is 0 Å². The summed E-state index contributed by atoms with van der Waals surface area (Å²) in [6, 6.07) is 5.68. The molecule has 1 fully saturated rings. The summed E-state index contributed by atoms with van der Waals surface area (Å²) in [5.74, 6) is 6.38. The third-order valence-electron chi connectivity index (χ3n) is 3.79. The number of carbonyl (C=O) groups excluding carboxylic acids is 1. The molecule has 0 radical (unpaired) electrons. The highest BCUT2D eigenvalue weighted by Crippen LogP contribution is 2.20. The van der Waals surface area contributed by atoms with Crippen LogP contribution in [-0.2, 0) is 4.74 Å². The second kappa shape index (κ2) is 7.26. The van der Waals surface area contributed by atoms with Gasteiger partial charge in [0.15, 0.2) is 0 Å². The number of hydrogen-bond donors (Lipinski definition) is 1. The number of ether oxygens (including phenoxy) is 1. The Kier molecular flexibility index (Phi) is 5.38. The van der Waals surface area contributed by atoms with E-state index < -0.39 is 0 Å². The van der Waals surface area contributed by atoms with Crippen molar-refractivity contribution in [2.75, 3.05) is 33.4 Å². The molecule has 1 aliphatic rings. The van der Waals surface area contributed by atoms with Crippen LogP contribution in [0.5, 0.6) is 0 Å². The van der Waals surface area contributed by atoms with Crippen LogP contribution in [0.25, 0.3) is 0 Å². The van der Waals surface area contributed by atoms with Gasteiger partial charge >= 0.3 is 0 Å². The van der Waals surface area contributed by atoms with Crippen molar-refractivity contribution in [2.45, 2.75) is 13.3 Å². The van der Waals surface area contributed by atoms with E-state index in [2.05, 4.69) is 11.8 Å². The normalized spacial score (nSPS) is 17.5. The molecule has 112 valence electrons. The molecular formula is C17H22N2O2. The second-order valence-electron chi connectivity index (χ2n) is 5.40. The average Bonchev–Trinajstić information content (AvgIpc) is 2.95. The maximum atomic E-state index is 12.5. The van der Waals surface area contributed by atoms with E-state index in [4.69, 9.17) is 10.5 Å². The van der Waals surface area contributed by atoms with E-state index in [1.54, 1.807) is 7.11 Å². The molecule has 4 nitrogen and oxygen atoms in total. The van der Waals surface area contributed by atoms with Gasteiger partial charge < -0.3 is 15.4 Å². The first-order valence-corrected chi connectivity index (χ1v) is 7.23. The molecule has 2 N–H and O–H groups in total. The Hall–Kier alpha value is -1.83. The Bertz CT molecular complexity index is 572. The molecule has 1 amide bonds. The highest BCUT2D eigenvalue weighted by Gasteiger charge is 2.26. The van der Waals surface area contributed by atoms with Gasteiger partial charge in [-0.05, 0) is 31.0 Å². The third-order valence-corrected chi connectivity index (χ3v) is 3.79. The number of benzene rings is 1. The average molecular weight is 286 g/mol. The molecule has 1 heterocycles. The van der Waals surface area contributed by atoms with Crippen LogP contribution in [-0.4, -0.2) is 44.2 Å². The summed E-state index contributed by atoms with van der Waals surface area (Å²) in [5.41, 5.74) is 8.04. The van der Waals surface area contributed by atoms with Gasteiger partial charge in [0.05, 0.1) is 13.2 Å². The van der Waals surface area contributed by atoms with Gasteiger partial charge in [-0.3, -0.25) is 4.79 Å². The molecule has 0 aromatic heterocycles. The predicted molar refractivity (Wildman–Crippen MR) is 83.0 cm³/mol. The zero-order valence-electron chi connectivity index (χ0n) is 12.7. The number of nitrogens with zero attached hydrogens (tertiary/aromatic N) is 1. The van der Waals surface area contributed by atoms with E-state index in [1.807, 2.05) is 30.0 Å². The van der Waals surface area contributed by atoms with Gasteiger partial charge in [-0.25, -0.2) is 0 Å². The predicted octanol–water partition coefficient (Wildman–Crippen LogP) is 1.41. The molecule has 0 aliphatic carbocycles. The molecule has 0 spiro atoms. The van der Waals surface area contributed by atoms with Crippen molar-refractivity contribution >= 4 is 5.91 Å². The second-order valence-corrected chi connectivity index (χ2v) is 5.40. The van der Waals surface area contributed by atoms with Crippen molar-refractivity contribution < 1.29 is 9.53 Å². The van der Waals surface area contributed by atoms with Crippen LogP contribution in [0.3, 0.4) is 0 Å². The van der Waals surface area contributed by atoms with Crippen LogP contribution in [0.4, 0.5) is 0 Å². The summed E-state index contributed by atoms with van der Waals surface area (Å²) in [5, 5.41) is 0. The van der Waals surface area contributed by atoms with Crippen LogP contribution in [0.1, 0.15) is 27.9 Å². The molecule has 2 rings (SSSR count). The summed E-state index contributed by atoms with van der Waals surface area (Å²) in [4.78, 5) is 14.4. The Morgan fingerprint density at radius 3 is 3.05 bits per heavy atom. The minimum absolute atomic E-state index is 0.0735. The number of rotatable bonds is 3. The van der Waals surface area contributed by atoms with Gasteiger partial charge in [-0.1, -0.05) is 17.9 Å². The summed E-state index contributed by atoms with van der Waals surface area (Å²) >= 11 is 0. The maximum absolute atomic E-state index is 12.5. The first-order valence-electron chi connectivity index (χ1n) is 7.23. The van der Waals surface area contributed by atoms with Crippen LogP contribution in [0.15, 0.2) is 18.2 Å². The van der Waals surface area contributed by atoms with Gasteiger partial charge in [0.25, 0.3) is 5.91 Å². The van der Waals surface area contributed by atoms with E-state index in [0.29, 0.717) is 24.6 Å². The lowest BCUT2D eigenvalue weighted by atomic mass is 10.0. The van der Waals surface area contributed by atoms with Crippen LogP contribution in [0, 0.1) is 24.7 Å². The topological polar surface area (TPSA) is 55.6 Å². The fourth-order valence-corrected chi connectivity index (χ4v) is 2.61. The first-order chi connectivity index (χ1) is 10.2. The molecule has 1 atom stereocenters. The smallest absolute Gasteiger partial charge is 0.253 e. The number of nitrogens with two attached hydrogens (primary N) is 1. The molecule has 1 aliphatic heterocycles. The van der Waals surface area contributed by atoms with Gasteiger partial charge in [-0.2, -0.15) is 0 Å². The maximum Gasteiger partial charge on any atom is 0.253 e. The zero-order valence-corrected chi connectivity index (χ0v) is 12.7. The number of hydrogen-bond acceptors (Lipinski definition) is 3. The number of likely N-dealkylation sites (tertiary alicyclic amines) is 1. The number of carbonyl (C=O) groups is 1.